The van der Waals surface area contributed by atoms with Gasteiger partial charge < -0.3 is 15.7 Å². The molecule has 0 aliphatic carbocycles. The minimum Gasteiger partial charge on any atom is -0.396 e. The molecule has 2 aliphatic heterocycles. The molecule has 108 valence electrons. The number of piperazine rings is 1. The zero-order chi connectivity index (χ0) is 13.9. The lowest BCUT2D eigenvalue weighted by atomic mass is 9.98. The van der Waals surface area contributed by atoms with E-state index in [1.807, 2.05) is 6.07 Å². The van der Waals surface area contributed by atoms with Gasteiger partial charge in [0.1, 0.15) is 0 Å². The van der Waals surface area contributed by atoms with E-state index in [1.165, 1.54) is 5.56 Å². The third kappa shape index (κ3) is 2.70. The Bertz CT molecular complexity index is 498. The second-order valence-corrected chi connectivity index (χ2v) is 5.46. The van der Waals surface area contributed by atoms with Gasteiger partial charge in [-0.15, -0.1) is 0 Å². The molecule has 1 amide bonds. The minimum atomic E-state index is 0.0676. The van der Waals surface area contributed by atoms with Gasteiger partial charge in [0.2, 0.25) is 5.91 Å². The first-order valence-electron chi connectivity index (χ1n) is 7.26. The van der Waals surface area contributed by atoms with Crippen molar-refractivity contribution >= 4 is 11.6 Å². The van der Waals surface area contributed by atoms with Gasteiger partial charge in [-0.05, 0) is 23.6 Å². The number of hydrogen-bond acceptors (Lipinski definition) is 4. The highest BCUT2D eigenvalue weighted by molar-refractivity contribution is 5.99. The molecule has 1 fully saturated rings. The number of anilines is 1. The van der Waals surface area contributed by atoms with Crippen LogP contribution < -0.4 is 10.6 Å². The molecule has 0 aromatic heterocycles. The molecule has 0 bridgehead atoms. The number of nitrogens with one attached hydrogen (secondary N) is 2. The van der Waals surface area contributed by atoms with Crippen molar-refractivity contribution < 1.29 is 9.90 Å². The number of amides is 1. The maximum Gasteiger partial charge on any atom is 0.228 e. The summed E-state index contributed by atoms with van der Waals surface area (Å²) in [5.41, 5.74) is 3.21. The lowest BCUT2D eigenvalue weighted by molar-refractivity contribution is -0.115. The van der Waals surface area contributed by atoms with Crippen LogP contribution in [-0.2, 0) is 11.2 Å². The number of nitrogens with zero attached hydrogens (tertiary/aromatic N) is 1. The fraction of sp³-hybridized carbons (Fsp3) is 0.533. The second kappa shape index (κ2) is 5.91. The average Bonchev–Trinajstić information content (AvgIpc) is 2.84. The number of carbonyl (C=O) groups excluding carboxylic acids is 1. The number of benzene rings is 1. The summed E-state index contributed by atoms with van der Waals surface area (Å²) in [5, 5.41) is 15.6. The van der Waals surface area contributed by atoms with Gasteiger partial charge in [-0.3, -0.25) is 9.69 Å². The van der Waals surface area contributed by atoms with Crippen LogP contribution in [0.4, 0.5) is 5.69 Å². The average molecular weight is 275 g/mol. The highest BCUT2D eigenvalue weighted by atomic mass is 16.3. The van der Waals surface area contributed by atoms with Gasteiger partial charge in [0, 0.05) is 44.5 Å². The molecule has 2 heterocycles. The third-order valence-corrected chi connectivity index (χ3v) is 4.13. The lowest BCUT2D eigenvalue weighted by Crippen LogP contribution is -2.45. The van der Waals surface area contributed by atoms with Crippen LogP contribution in [-0.4, -0.2) is 48.7 Å². The van der Waals surface area contributed by atoms with E-state index in [1.54, 1.807) is 0 Å². The number of carbonyl (C=O) groups is 1. The first-order valence-corrected chi connectivity index (χ1v) is 7.26. The van der Waals surface area contributed by atoms with E-state index in [-0.39, 0.29) is 18.6 Å². The first kappa shape index (κ1) is 13.5. The van der Waals surface area contributed by atoms with Crippen molar-refractivity contribution in [3.63, 3.8) is 0 Å². The second-order valence-electron chi connectivity index (χ2n) is 5.46. The summed E-state index contributed by atoms with van der Waals surface area (Å²) >= 11 is 0. The van der Waals surface area contributed by atoms with Gasteiger partial charge in [0.15, 0.2) is 0 Å². The molecule has 1 saturated heterocycles. The summed E-state index contributed by atoms with van der Waals surface area (Å²) in [4.78, 5) is 13.9. The summed E-state index contributed by atoms with van der Waals surface area (Å²) < 4.78 is 0. The van der Waals surface area contributed by atoms with Crippen LogP contribution in [0.1, 0.15) is 23.6 Å². The number of hydrogen-bond donors (Lipinski definition) is 3. The SMILES string of the molecule is O=C1Cc2cc(C(CCO)N3CCNCC3)ccc2N1. The molecule has 1 aromatic carbocycles. The Labute approximate surface area is 119 Å². The number of fused-ring (bicyclic) bond motifs is 1. The van der Waals surface area contributed by atoms with Gasteiger partial charge in [-0.25, -0.2) is 0 Å². The molecule has 0 radical (unpaired) electrons. The van der Waals surface area contributed by atoms with Gasteiger partial charge in [-0.2, -0.15) is 0 Å². The Morgan fingerprint density at radius 2 is 2.10 bits per heavy atom. The van der Waals surface area contributed by atoms with Crippen LogP contribution in [0.3, 0.4) is 0 Å². The van der Waals surface area contributed by atoms with Crippen LogP contribution in [0, 0.1) is 0 Å². The molecule has 3 rings (SSSR count). The molecule has 2 aliphatic rings. The molecule has 1 aromatic rings. The number of aliphatic hydroxyl groups is 1. The van der Waals surface area contributed by atoms with Crippen LogP contribution in [0.5, 0.6) is 0 Å². The van der Waals surface area contributed by atoms with E-state index in [9.17, 15) is 9.90 Å². The molecule has 3 N–H and O–H groups in total. The summed E-state index contributed by atoms with van der Waals surface area (Å²) in [5.74, 6) is 0.0676. The van der Waals surface area contributed by atoms with E-state index in [0.717, 1.165) is 43.9 Å². The van der Waals surface area contributed by atoms with E-state index < -0.39 is 0 Å². The van der Waals surface area contributed by atoms with Crippen molar-refractivity contribution in [1.82, 2.24) is 10.2 Å². The van der Waals surface area contributed by atoms with Crippen LogP contribution >= 0.6 is 0 Å². The molecule has 5 heteroatoms. The minimum absolute atomic E-state index is 0.0676. The topological polar surface area (TPSA) is 64.6 Å². The fourth-order valence-corrected chi connectivity index (χ4v) is 3.13. The molecule has 0 spiro atoms. The van der Waals surface area contributed by atoms with Crippen molar-refractivity contribution in [2.24, 2.45) is 0 Å². The van der Waals surface area contributed by atoms with Crippen molar-refractivity contribution in [3.8, 4) is 0 Å². The highest BCUT2D eigenvalue weighted by Gasteiger charge is 2.24. The van der Waals surface area contributed by atoms with E-state index in [4.69, 9.17) is 0 Å². The number of aliphatic hydroxyl groups excluding tert-OH is 1. The zero-order valence-corrected chi connectivity index (χ0v) is 11.6. The van der Waals surface area contributed by atoms with Crippen molar-refractivity contribution in [2.45, 2.75) is 18.9 Å². The number of rotatable bonds is 4. The largest absolute Gasteiger partial charge is 0.396 e. The van der Waals surface area contributed by atoms with E-state index in [2.05, 4.69) is 27.7 Å². The van der Waals surface area contributed by atoms with E-state index >= 15 is 0 Å². The Balaban J connectivity index is 1.84. The summed E-state index contributed by atoms with van der Waals surface area (Å²) in [6, 6.07) is 6.42. The Morgan fingerprint density at radius 1 is 1.30 bits per heavy atom. The predicted octanol–water partition coefficient (Wildman–Crippen LogP) is 0.510. The molecule has 1 atom stereocenters. The molecular weight excluding hydrogens is 254 g/mol. The quantitative estimate of drug-likeness (QED) is 0.749. The smallest absolute Gasteiger partial charge is 0.228 e. The molecule has 20 heavy (non-hydrogen) atoms. The van der Waals surface area contributed by atoms with Crippen molar-refractivity contribution in [3.05, 3.63) is 29.3 Å². The maximum absolute atomic E-state index is 11.4. The van der Waals surface area contributed by atoms with Crippen LogP contribution in [0.15, 0.2) is 18.2 Å². The van der Waals surface area contributed by atoms with Gasteiger partial charge >= 0.3 is 0 Å². The Hall–Kier alpha value is -1.43. The van der Waals surface area contributed by atoms with Crippen LogP contribution in [0.25, 0.3) is 0 Å². The summed E-state index contributed by atoms with van der Waals surface area (Å²) in [7, 11) is 0. The Kier molecular flexibility index (Phi) is 4.00. The standard InChI is InChI=1S/C15H21N3O2/c19-8-3-14(18-6-4-16-5-7-18)11-1-2-13-12(9-11)10-15(20)17-13/h1-2,9,14,16,19H,3-8,10H2,(H,17,20). The molecular formula is C15H21N3O2. The first-order chi connectivity index (χ1) is 9.78. The fourth-order valence-electron chi connectivity index (χ4n) is 3.13. The molecule has 5 nitrogen and oxygen atoms in total. The van der Waals surface area contributed by atoms with E-state index in [0.29, 0.717) is 6.42 Å². The van der Waals surface area contributed by atoms with Gasteiger partial charge in [0.25, 0.3) is 0 Å². The monoisotopic (exact) mass is 275 g/mol. The molecule has 0 saturated carbocycles. The highest BCUT2D eigenvalue weighted by Crippen LogP contribution is 2.30. The Morgan fingerprint density at radius 3 is 2.85 bits per heavy atom. The lowest BCUT2D eigenvalue weighted by Gasteiger charge is -2.35. The maximum atomic E-state index is 11.4. The third-order valence-electron chi connectivity index (χ3n) is 4.13. The van der Waals surface area contributed by atoms with Crippen molar-refractivity contribution in [2.75, 3.05) is 38.1 Å². The van der Waals surface area contributed by atoms with Crippen molar-refractivity contribution in [1.29, 1.82) is 0 Å². The predicted molar refractivity (Wildman–Crippen MR) is 77.7 cm³/mol. The van der Waals surface area contributed by atoms with Crippen LogP contribution in [0.2, 0.25) is 0 Å². The summed E-state index contributed by atoms with van der Waals surface area (Å²) in [6.07, 6.45) is 1.21. The van der Waals surface area contributed by atoms with Gasteiger partial charge in [-0.1, -0.05) is 12.1 Å². The molecule has 1 unspecified atom stereocenters. The van der Waals surface area contributed by atoms with Gasteiger partial charge in [0.05, 0.1) is 6.42 Å². The normalized spacial score (nSPS) is 20.6. The zero-order valence-electron chi connectivity index (χ0n) is 11.6. The summed E-state index contributed by atoms with van der Waals surface area (Å²) in [6.45, 7) is 4.17.